The summed E-state index contributed by atoms with van der Waals surface area (Å²) in [5.41, 5.74) is 3.09. The molecule has 1 aliphatic heterocycles. The van der Waals surface area contributed by atoms with Gasteiger partial charge in [-0.05, 0) is 30.7 Å². The Balaban J connectivity index is 2.07. The van der Waals surface area contributed by atoms with Crippen LogP contribution in [0.1, 0.15) is 17.1 Å². The van der Waals surface area contributed by atoms with Gasteiger partial charge < -0.3 is 9.47 Å². The summed E-state index contributed by atoms with van der Waals surface area (Å²) in [6.07, 6.45) is 5.44. The molecule has 0 radical (unpaired) electrons. The predicted molar refractivity (Wildman–Crippen MR) is 68.7 cm³/mol. The monoisotopic (exact) mass is 242 g/mol. The number of methoxy groups -OCH3 is 1. The van der Waals surface area contributed by atoms with Crippen LogP contribution in [0.5, 0.6) is 5.75 Å². The lowest BCUT2D eigenvalue weighted by Gasteiger charge is -2.19. The molecule has 0 fully saturated rings. The Morgan fingerprint density at radius 2 is 2.33 bits per heavy atom. The van der Waals surface area contributed by atoms with E-state index in [4.69, 9.17) is 9.47 Å². The fourth-order valence-corrected chi connectivity index (χ4v) is 2.05. The van der Waals surface area contributed by atoms with Crippen molar-refractivity contribution >= 4 is 6.08 Å². The van der Waals surface area contributed by atoms with E-state index in [1.165, 1.54) is 5.56 Å². The fourth-order valence-electron chi connectivity index (χ4n) is 2.05. The third kappa shape index (κ3) is 1.76. The largest absolute Gasteiger partial charge is 0.504 e. The highest BCUT2D eigenvalue weighted by molar-refractivity contribution is 5.53. The van der Waals surface area contributed by atoms with Gasteiger partial charge in [0.05, 0.1) is 24.8 Å². The molecule has 1 aromatic carbocycles. The first-order valence-corrected chi connectivity index (χ1v) is 5.79. The molecule has 3 rings (SSSR count). The molecule has 2 heterocycles. The van der Waals surface area contributed by atoms with E-state index in [1.54, 1.807) is 13.4 Å². The standard InChI is InChI=1S/C14H14N2O2/c1-10-3-4-12-13(7-10)18-9-14-15-11(5-6-17-2)8-16(12)14/h3-8H,9H2,1-2H3/b6-5+. The van der Waals surface area contributed by atoms with Crippen LogP contribution < -0.4 is 4.74 Å². The molecule has 0 unspecified atom stereocenters. The Morgan fingerprint density at radius 1 is 1.44 bits per heavy atom. The maximum atomic E-state index is 5.71. The lowest BCUT2D eigenvalue weighted by Crippen LogP contribution is -2.12. The quantitative estimate of drug-likeness (QED) is 0.760. The summed E-state index contributed by atoms with van der Waals surface area (Å²) < 4.78 is 12.7. The van der Waals surface area contributed by atoms with Crippen molar-refractivity contribution in [3.05, 3.63) is 47.7 Å². The zero-order valence-corrected chi connectivity index (χ0v) is 10.4. The molecule has 92 valence electrons. The molecule has 18 heavy (non-hydrogen) atoms. The van der Waals surface area contributed by atoms with E-state index in [0.717, 1.165) is 23.0 Å². The second-order valence-corrected chi connectivity index (χ2v) is 4.25. The minimum Gasteiger partial charge on any atom is -0.504 e. The van der Waals surface area contributed by atoms with E-state index in [0.29, 0.717) is 6.61 Å². The van der Waals surface area contributed by atoms with Gasteiger partial charge in [-0.15, -0.1) is 0 Å². The second kappa shape index (κ2) is 4.22. The molecule has 4 heteroatoms. The van der Waals surface area contributed by atoms with E-state index in [1.807, 2.05) is 18.3 Å². The number of hydrogen-bond acceptors (Lipinski definition) is 3. The minimum absolute atomic E-state index is 0.497. The van der Waals surface area contributed by atoms with Gasteiger partial charge >= 0.3 is 0 Å². The smallest absolute Gasteiger partial charge is 0.152 e. The number of aryl methyl sites for hydroxylation is 1. The fraction of sp³-hybridized carbons (Fsp3) is 0.214. The minimum atomic E-state index is 0.497. The molecule has 0 bridgehead atoms. The number of ether oxygens (including phenoxy) is 2. The number of aromatic nitrogens is 2. The van der Waals surface area contributed by atoms with Gasteiger partial charge in [-0.25, -0.2) is 4.98 Å². The molecule has 0 aliphatic carbocycles. The first-order chi connectivity index (χ1) is 8.78. The summed E-state index contributed by atoms with van der Waals surface area (Å²) in [6, 6.07) is 6.17. The van der Waals surface area contributed by atoms with Gasteiger partial charge in [-0.1, -0.05) is 6.07 Å². The van der Waals surface area contributed by atoms with Crippen molar-refractivity contribution in [2.24, 2.45) is 0 Å². The summed E-state index contributed by atoms with van der Waals surface area (Å²) in [5, 5.41) is 0. The number of rotatable bonds is 2. The number of hydrogen-bond donors (Lipinski definition) is 0. The second-order valence-electron chi connectivity index (χ2n) is 4.25. The third-order valence-electron chi connectivity index (χ3n) is 2.90. The maximum Gasteiger partial charge on any atom is 0.152 e. The maximum absolute atomic E-state index is 5.71. The van der Waals surface area contributed by atoms with Crippen LogP contribution in [0.2, 0.25) is 0 Å². The molecule has 0 saturated carbocycles. The Bertz CT molecular complexity index is 614. The normalized spacial score (nSPS) is 13.0. The van der Waals surface area contributed by atoms with Crippen molar-refractivity contribution in [3.8, 4) is 11.4 Å². The first kappa shape index (κ1) is 10.9. The summed E-state index contributed by atoms with van der Waals surface area (Å²) in [6.45, 7) is 2.55. The molecule has 0 N–H and O–H groups in total. The van der Waals surface area contributed by atoms with Gasteiger partial charge in [0.2, 0.25) is 0 Å². The van der Waals surface area contributed by atoms with E-state index in [2.05, 4.69) is 28.6 Å². The van der Waals surface area contributed by atoms with E-state index < -0.39 is 0 Å². The highest BCUT2D eigenvalue weighted by Gasteiger charge is 2.18. The lowest BCUT2D eigenvalue weighted by molar-refractivity contribution is 0.279. The number of nitrogens with zero attached hydrogens (tertiary/aromatic N) is 2. The molecule has 1 aromatic heterocycles. The molecule has 0 saturated heterocycles. The average molecular weight is 242 g/mol. The van der Waals surface area contributed by atoms with Crippen LogP contribution in [-0.2, 0) is 11.3 Å². The summed E-state index contributed by atoms with van der Waals surface area (Å²) in [4.78, 5) is 4.48. The summed E-state index contributed by atoms with van der Waals surface area (Å²) in [5.74, 6) is 1.81. The summed E-state index contributed by atoms with van der Waals surface area (Å²) >= 11 is 0. The van der Waals surface area contributed by atoms with Crippen LogP contribution in [0.3, 0.4) is 0 Å². The predicted octanol–water partition coefficient (Wildman–Crippen LogP) is 2.69. The van der Waals surface area contributed by atoms with Crippen LogP contribution in [0.15, 0.2) is 30.7 Å². The zero-order valence-electron chi connectivity index (χ0n) is 10.4. The lowest BCUT2D eigenvalue weighted by atomic mass is 10.2. The van der Waals surface area contributed by atoms with Crippen molar-refractivity contribution < 1.29 is 9.47 Å². The van der Waals surface area contributed by atoms with Gasteiger partial charge in [0, 0.05) is 6.20 Å². The van der Waals surface area contributed by atoms with E-state index in [-0.39, 0.29) is 0 Å². The van der Waals surface area contributed by atoms with Gasteiger partial charge in [0.15, 0.2) is 5.82 Å². The Labute approximate surface area is 105 Å². The van der Waals surface area contributed by atoms with Crippen LogP contribution in [-0.4, -0.2) is 16.7 Å². The van der Waals surface area contributed by atoms with Crippen LogP contribution in [0.25, 0.3) is 11.8 Å². The van der Waals surface area contributed by atoms with Gasteiger partial charge in [0.25, 0.3) is 0 Å². The molecule has 0 amide bonds. The molecule has 0 spiro atoms. The van der Waals surface area contributed by atoms with Crippen molar-refractivity contribution in [2.75, 3.05) is 7.11 Å². The highest BCUT2D eigenvalue weighted by atomic mass is 16.5. The van der Waals surface area contributed by atoms with Gasteiger partial charge in [-0.3, -0.25) is 4.57 Å². The molecular weight excluding hydrogens is 228 g/mol. The molecule has 2 aromatic rings. The van der Waals surface area contributed by atoms with Crippen molar-refractivity contribution in [1.29, 1.82) is 0 Å². The van der Waals surface area contributed by atoms with Crippen LogP contribution >= 0.6 is 0 Å². The van der Waals surface area contributed by atoms with E-state index >= 15 is 0 Å². The van der Waals surface area contributed by atoms with Crippen LogP contribution in [0.4, 0.5) is 0 Å². The Kier molecular flexibility index (Phi) is 2.55. The molecule has 1 aliphatic rings. The highest BCUT2D eigenvalue weighted by Crippen LogP contribution is 2.30. The van der Waals surface area contributed by atoms with Crippen molar-refractivity contribution in [3.63, 3.8) is 0 Å². The van der Waals surface area contributed by atoms with Crippen LogP contribution in [0, 0.1) is 6.92 Å². The molecular formula is C14H14N2O2. The Morgan fingerprint density at radius 3 is 3.17 bits per heavy atom. The summed E-state index contributed by atoms with van der Waals surface area (Å²) in [7, 11) is 1.62. The Hall–Kier alpha value is -2.23. The third-order valence-corrected chi connectivity index (χ3v) is 2.90. The number of benzene rings is 1. The molecule has 4 nitrogen and oxygen atoms in total. The molecule has 0 atom stereocenters. The number of imidazole rings is 1. The first-order valence-electron chi connectivity index (χ1n) is 5.79. The van der Waals surface area contributed by atoms with E-state index in [9.17, 15) is 0 Å². The number of fused-ring (bicyclic) bond motifs is 3. The van der Waals surface area contributed by atoms with Gasteiger partial charge in [0.1, 0.15) is 12.4 Å². The van der Waals surface area contributed by atoms with Gasteiger partial charge in [-0.2, -0.15) is 0 Å². The van der Waals surface area contributed by atoms with Crippen molar-refractivity contribution in [2.45, 2.75) is 13.5 Å². The SMILES string of the molecule is CO/C=C/c1cn2c(n1)COc1cc(C)ccc1-2. The van der Waals surface area contributed by atoms with Crippen molar-refractivity contribution in [1.82, 2.24) is 9.55 Å². The average Bonchev–Trinajstić information content (AvgIpc) is 2.79. The zero-order chi connectivity index (χ0) is 12.5. The topological polar surface area (TPSA) is 36.3 Å².